The van der Waals surface area contributed by atoms with Crippen LogP contribution in [0, 0.1) is 0 Å². The topological polar surface area (TPSA) is 43.6 Å². The maximum absolute atomic E-state index is 5.28. The van der Waals surface area contributed by atoms with Gasteiger partial charge in [-0.2, -0.15) is 0 Å². The van der Waals surface area contributed by atoms with E-state index in [2.05, 4.69) is 187 Å². The van der Waals surface area contributed by atoms with E-state index < -0.39 is 5.41 Å². The van der Waals surface area contributed by atoms with E-state index in [-0.39, 0.29) is 0 Å². The molecule has 0 saturated carbocycles. The Bertz CT molecular complexity index is 3630. The largest absolute Gasteiger partial charge is 0.309 e. The summed E-state index contributed by atoms with van der Waals surface area (Å²) in [6.45, 7) is 0. The fourth-order valence-corrected chi connectivity index (χ4v) is 11.6. The zero-order valence-corrected chi connectivity index (χ0v) is 34.8. The van der Waals surface area contributed by atoms with Gasteiger partial charge in [-0.25, -0.2) is 15.0 Å². The molecule has 294 valence electrons. The quantitative estimate of drug-likeness (QED) is 0.168. The van der Waals surface area contributed by atoms with Crippen molar-refractivity contribution in [2.24, 2.45) is 0 Å². The summed E-state index contributed by atoms with van der Waals surface area (Å²) in [6.07, 6.45) is 0. The number of hydrogen-bond acceptors (Lipinski definition) is 4. The summed E-state index contributed by atoms with van der Waals surface area (Å²) >= 11 is 1.89. The molecule has 13 rings (SSSR count). The molecule has 63 heavy (non-hydrogen) atoms. The lowest BCUT2D eigenvalue weighted by Crippen LogP contribution is -2.28. The van der Waals surface area contributed by atoms with E-state index >= 15 is 0 Å². The van der Waals surface area contributed by atoms with E-state index in [9.17, 15) is 0 Å². The number of fused-ring (bicyclic) bond motifs is 10. The summed E-state index contributed by atoms with van der Waals surface area (Å²) in [5.41, 5.74) is 12.8. The highest BCUT2D eigenvalue weighted by Crippen LogP contribution is 2.59. The number of benzene rings is 9. The van der Waals surface area contributed by atoms with Crippen LogP contribution in [0.2, 0.25) is 0 Å². The van der Waals surface area contributed by atoms with E-state index in [1.165, 1.54) is 64.2 Å². The maximum atomic E-state index is 5.28. The first-order valence-electron chi connectivity index (χ1n) is 21.4. The van der Waals surface area contributed by atoms with Crippen LogP contribution in [0.4, 0.5) is 0 Å². The van der Waals surface area contributed by atoms with Crippen LogP contribution in [0.3, 0.4) is 0 Å². The molecule has 0 aliphatic heterocycles. The monoisotopic (exact) mass is 820 g/mol. The fourth-order valence-electron chi connectivity index (χ4n) is 10.3. The van der Waals surface area contributed by atoms with Crippen molar-refractivity contribution in [3.8, 4) is 51.0 Å². The van der Waals surface area contributed by atoms with E-state index in [4.69, 9.17) is 15.0 Å². The number of nitrogens with zero attached hydrogens (tertiary/aromatic N) is 4. The standard InChI is InChI=1S/C58H36N4S/c1-5-18-37(19-6-1)55-59-56(38-20-7-2-8-21-38)61-57(60-55)46-28-17-29-47-52(46)44-33-32-41(36-48(44)58(47,39-22-9-3-10-23-39)40-24-11-4-12-25-40)62-49-30-15-13-27-45(49)53-50(62)35-34-43-42-26-14-16-31-51(42)63-54(43)53/h1-36H. The normalized spacial score (nSPS) is 12.9. The van der Waals surface area contributed by atoms with Crippen molar-refractivity contribution in [2.45, 2.75) is 5.41 Å². The molecule has 9 aromatic carbocycles. The van der Waals surface area contributed by atoms with Crippen molar-refractivity contribution in [1.82, 2.24) is 19.5 Å². The van der Waals surface area contributed by atoms with Gasteiger partial charge in [0.05, 0.1) is 16.4 Å². The smallest absolute Gasteiger partial charge is 0.164 e. The van der Waals surface area contributed by atoms with Crippen LogP contribution in [0.15, 0.2) is 218 Å². The molecule has 3 aromatic heterocycles. The maximum Gasteiger partial charge on any atom is 0.164 e. The molecule has 4 nitrogen and oxygen atoms in total. The van der Waals surface area contributed by atoms with Gasteiger partial charge in [0.1, 0.15) is 0 Å². The van der Waals surface area contributed by atoms with Crippen molar-refractivity contribution in [1.29, 1.82) is 0 Å². The van der Waals surface area contributed by atoms with Gasteiger partial charge in [0, 0.05) is 53.3 Å². The van der Waals surface area contributed by atoms with Crippen molar-refractivity contribution in [3.63, 3.8) is 0 Å². The third-order valence-corrected chi connectivity index (χ3v) is 14.1. The Morgan fingerprint density at radius 1 is 0.397 bits per heavy atom. The highest BCUT2D eigenvalue weighted by atomic mass is 32.1. The van der Waals surface area contributed by atoms with Gasteiger partial charge in [-0.1, -0.05) is 188 Å². The second kappa shape index (κ2) is 14.0. The molecule has 0 spiro atoms. The zero-order chi connectivity index (χ0) is 41.5. The Balaban J connectivity index is 1.12. The average molecular weight is 821 g/mol. The third kappa shape index (κ3) is 5.30. The SMILES string of the molecule is c1ccc(-c2nc(-c3ccccc3)nc(-c3cccc4c3-c3ccc(-n5c6ccccc6c6c7sc8ccccc8c7ccc65)cc3C4(c3ccccc3)c3ccccc3)n2)cc1. The van der Waals surface area contributed by atoms with Crippen LogP contribution in [0.1, 0.15) is 22.3 Å². The number of para-hydroxylation sites is 1. The molecule has 0 atom stereocenters. The Labute approximate surface area is 368 Å². The molecule has 0 bridgehead atoms. The number of hydrogen-bond donors (Lipinski definition) is 0. The van der Waals surface area contributed by atoms with Gasteiger partial charge < -0.3 is 4.57 Å². The number of rotatable bonds is 6. The summed E-state index contributed by atoms with van der Waals surface area (Å²) in [5, 5.41) is 5.17. The van der Waals surface area contributed by atoms with Gasteiger partial charge in [-0.05, 0) is 63.7 Å². The third-order valence-electron chi connectivity index (χ3n) is 12.9. The second-order valence-corrected chi connectivity index (χ2v) is 17.3. The van der Waals surface area contributed by atoms with Gasteiger partial charge in [0.25, 0.3) is 0 Å². The molecule has 5 heteroatoms. The van der Waals surface area contributed by atoms with Crippen LogP contribution in [0.5, 0.6) is 0 Å². The summed E-state index contributed by atoms with van der Waals surface area (Å²) in [7, 11) is 0. The highest BCUT2D eigenvalue weighted by molar-refractivity contribution is 7.26. The first kappa shape index (κ1) is 35.7. The van der Waals surface area contributed by atoms with Crippen molar-refractivity contribution in [3.05, 3.63) is 241 Å². The zero-order valence-electron chi connectivity index (χ0n) is 34.0. The molecule has 12 aromatic rings. The van der Waals surface area contributed by atoms with Gasteiger partial charge in [0.2, 0.25) is 0 Å². The van der Waals surface area contributed by atoms with Gasteiger partial charge in [0.15, 0.2) is 17.5 Å². The molecule has 0 unspecified atom stereocenters. The molecule has 0 N–H and O–H groups in total. The van der Waals surface area contributed by atoms with Crippen molar-refractivity contribution < 1.29 is 0 Å². The van der Waals surface area contributed by atoms with Gasteiger partial charge in [-0.15, -0.1) is 11.3 Å². The van der Waals surface area contributed by atoms with E-state index in [1.807, 2.05) is 47.7 Å². The van der Waals surface area contributed by atoms with Gasteiger partial charge >= 0.3 is 0 Å². The van der Waals surface area contributed by atoms with Crippen molar-refractivity contribution in [2.75, 3.05) is 0 Å². The summed E-state index contributed by atoms with van der Waals surface area (Å²) in [6, 6.07) is 78.6. The van der Waals surface area contributed by atoms with E-state index in [0.717, 1.165) is 33.5 Å². The van der Waals surface area contributed by atoms with E-state index in [1.54, 1.807) is 0 Å². The molecule has 3 heterocycles. The first-order valence-corrected chi connectivity index (χ1v) is 22.2. The summed E-state index contributed by atoms with van der Waals surface area (Å²) in [5.74, 6) is 1.92. The Morgan fingerprint density at radius 2 is 0.984 bits per heavy atom. The molecular formula is C58H36N4S. The summed E-state index contributed by atoms with van der Waals surface area (Å²) in [4.78, 5) is 15.6. The van der Waals surface area contributed by atoms with Crippen LogP contribution < -0.4 is 0 Å². The highest BCUT2D eigenvalue weighted by Gasteiger charge is 2.47. The lowest BCUT2D eigenvalue weighted by Gasteiger charge is -2.34. The lowest BCUT2D eigenvalue weighted by atomic mass is 9.67. The van der Waals surface area contributed by atoms with E-state index in [0.29, 0.717) is 17.5 Å². The molecule has 1 aliphatic rings. The minimum absolute atomic E-state index is 0.640. The number of aromatic nitrogens is 4. The lowest BCUT2D eigenvalue weighted by molar-refractivity contribution is 0.767. The molecule has 1 aliphatic carbocycles. The van der Waals surface area contributed by atoms with Crippen LogP contribution in [0.25, 0.3) is 93.0 Å². The second-order valence-electron chi connectivity index (χ2n) is 16.3. The minimum atomic E-state index is -0.658. The van der Waals surface area contributed by atoms with Crippen LogP contribution in [-0.2, 0) is 5.41 Å². The van der Waals surface area contributed by atoms with Crippen LogP contribution in [-0.4, -0.2) is 19.5 Å². The fraction of sp³-hybridized carbons (Fsp3) is 0.0172. The first-order chi connectivity index (χ1) is 31.3. The molecule has 0 fully saturated rings. The predicted molar refractivity (Wildman–Crippen MR) is 261 cm³/mol. The average Bonchev–Trinajstić information content (AvgIpc) is 4.01. The van der Waals surface area contributed by atoms with Gasteiger partial charge in [-0.3, -0.25) is 0 Å². The predicted octanol–water partition coefficient (Wildman–Crippen LogP) is 14.7. The Kier molecular flexibility index (Phi) is 7.96. The Morgan fingerprint density at radius 3 is 1.67 bits per heavy atom. The Hall–Kier alpha value is -7.99. The molecule has 0 radical (unpaired) electrons. The molecule has 0 amide bonds. The van der Waals surface area contributed by atoms with Crippen LogP contribution >= 0.6 is 11.3 Å². The molecule has 0 saturated heterocycles. The molecular weight excluding hydrogens is 785 g/mol. The minimum Gasteiger partial charge on any atom is -0.309 e. The number of thiophene rings is 1. The summed E-state index contributed by atoms with van der Waals surface area (Å²) < 4.78 is 5.11. The van der Waals surface area contributed by atoms with Crippen molar-refractivity contribution >= 4 is 53.3 Å².